The first-order valence-corrected chi connectivity index (χ1v) is 7.16. The molecule has 1 spiro atoms. The summed E-state index contributed by atoms with van der Waals surface area (Å²) in [6, 6.07) is 8.86. The smallest absolute Gasteiger partial charge is 0.223 e. The Labute approximate surface area is 108 Å². The molecule has 2 atom stereocenters. The predicted molar refractivity (Wildman–Crippen MR) is 70.3 cm³/mol. The first-order chi connectivity index (χ1) is 8.79. The Morgan fingerprint density at radius 3 is 3.00 bits per heavy atom. The Hall–Kier alpha value is -1.31. The Bertz CT molecular complexity index is 506. The molecule has 0 bridgehead atoms. The van der Waals surface area contributed by atoms with E-state index in [1.807, 2.05) is 0 Å². The average Bonchev–Trinajstić information content (AvgIpc) is 3.28. The summed E-state index contributed by atoms with van der Waals surface area (Å²) in [5.41, 5.74) is 3.53. The Kier molecular flexibility index (Phi) is 2.12. The minimum absolute atomic E-state index is 0.295. The summed E-state index contributed by atoms with van der Waals surface area (Å²) in [5.74, 6) is 1.32. The molecule has 0 unspecified atom stereocenters. The average molecular weight is 241 g/mol. The standard InChI is InChI=1S/C16H19NO/c18-15(12-5-6-12)17-10-13-9-16(13)8-7-11-3-1-2-4-14(11)16/h1-4,12-13H,5-10H2,(H,17,18)/t13-,16+/m0/s1. The third kappa shape index (κ3) is 1.51. The fourth-order valence-corrected chi connectivity index (χ4v) is 3.71. The molecule has 1 aromatic carbocycles. The van der Waals surface area contributed by atoms with Crippen LogP contribution in [0.3, 0.4) is 0 Å². The molecule has 94 valence electrons. The molecular formula is C16H19NO. The van der Waals surface area contributed by atoms with Crippen molar-refractivity contribution in [3.8, 4) is 0 Å². The molecule has 3 aliphatic carbocycles. The molecule has 2 nitrogen and oxygen atoms in total. The van der Waals surface area contributed by atoms with Gasteiger partial charge in [0.25, 0.3) is 0 Å². The van der Waals surface area contributed by atoms with Crippen LogP contribution in [0.4, 0.5) is 0 Å². The highest BCUT2D eigenvalue weighted by Crippen LogP contribution is 2.61. The van der Waals surface area contributed by atoms with E-state index in [2.05, 4.69) is 29.6 Å². The molecule has 3 aliphatic rings. The minimum atomic E-state index is 0.295. The summed E-state index contributed by atoms with van der Waals surface area (Å²) in [4.78, 5) is 11.7. The Morgan fingerprint density at radius 2 is 2.17 bits per heavy atom. The van der Waals surface area contributed by atoms with Crippen molar-refractivity contribution in [3.63, 3.8) is 0 Å². The molecule has 1 N–H and O–H groups in total. The summed E-state index contributed by atoms with van der Waals surface area (Å²) in [6.45, 7) is 0.893. The van der Waals surface area contributed by atoms with Crippen LogP contribution >= 0.6 is 0 Å². The molecule has 0 aromatic heterocycles. The molecule has 0 radical (unpaired) electrons. The second-order valence-electron chi connectivity index (χ2n) is 6.23. The molecule has 4 rings (SSSR count). The van der Waals surface area contributed by atoms with Gasteiger partial charge in [-0.1, -0.05) is 24.3 Å². The van der Waals surface area contributed by atoms with Gasteiger partial charge >= 0.3 is 0 Å². The maximum atomic E-state index is 11.7. The maximum absolute atomic E-state index is 11.7. The molecule has 0 aliphatic heterocycles. The summed E-state index contributed by atoms with van der Waals surface area (Å²) in [5, 5.41) is 3.15. The van der Waals surface area contributed by atoms with Gasteiger partial charge in [0.2, 0.25) is 5.91 Å². The van der Waals surface area contributed by atoms with E-state index in [0.717, 1.165) is 19.4 Å². The van der Waals surface area contributed by atoms with Crippen molar-refractivity contribution in [2.75, 3.05) is 6.54 Å². The van der Waals surface area contributed by atoms with Gasteiger partial charge in [-0.15, -0.1) is 0 Å². The highest BCUT2D eigenvalue weighted by Gasteiger charge is 2.57. The van der Waals surface area contributed by atoms with Crippen LogP contribution < -0.4 is 5.32 Å². The number of rotatable bonds is 3. The lowest BCUT2D eigenvalue weighted by atomic mass is 9.95. The summed E-state index contributed by atoms with van der Waals surface area (Å²) in [7, 11) is 0. The Morgan fingerprint density at radius 1 is 1.33 bits per heavy atom. The van der Waals surface area contributed by atoms with Gasteiger partial charge in [-0.2, -0.15) is 0 Å². The Balaban J connectivity index is 1.44. The van der Waals surface area contributed by atoms with Crippen LogP contribution in [0.2, 0.25) is 0 Å². The minimum Gasteiger partial charge on any atom is -0.356 e. The number of benzene rings is 1. The molecule has 2 fully saturated rings. The monoisotopic (exact) mass is 241 g/mol. The van der Waals surface area contributed by atoms with Crippen molar-refractivity contribution in [3.05, 3.63) is 35.4 Å². The van der Waals surface area contributed by atoms with Crippen LogP contribution in [0.15, 0.2) is 24.3 Å². The third-order valence-electron chi connectivity index (χ3n) is 5.10. The van der Waals surface area contributed by atoms with E-state index in [4.69, 9.17) is 0 Å². The molecule has 0 saturated heterocycles. The van der Waals surface area contributed by atoms with Gasteiger partial charge in [-0.25, -0.2) is 0 Å². The van der Waals surface area contributed by atoms with Gasteiger partial charge in [0.05, 0.1) is 0 Å². The molecule has 2 saturated carbocycles. The van der Waals surface area contributed by atoms with Crippen molar-refractivity contribution in [1.82, 2.24) is 5.32 Å². The molecule has 1 aromatic rings. The first kappa shape index (κ1) is 10.6. The van der Waals surface area contributed by atoms with Gasteiger partial charge in [0, 0.05) is 17.9 Å². The van der Waals surface area contributed by atoms with Crippen LogP contribution in [0.25, 0.3) is 0 Å². The molecule has 2 heteroatoms. The predicted octanol–water partition coefficient (Wildman–Crippen LogP) is 2.42. The normalized spacial score (nSPS) is 32.3. The zero-order valence-electron chi connectivity index (χ0n) is 10.6. The maximum Gasteiger partial charge on any atom is 0.223 e. The van der Waals surface area contributed by atoms with E-state index >= 15 is 0 Å². The van der Waals surface area contributed by atoms with Crippen LogP contribution in [-0.4, -0.2) is 12.5 Å². The second kappa shape index (κ2) is 3.59. The largest absolute Gasteiger partial charge is 0.356 e. The van der Waals surface area contributed by atoms with Gasteiger partial charge in [-0.3, -0.25) is 4.79 Å². The number of hydrogen-bond acceptors (Lipinski definition) is 1. The molecule has 1 amide bonds. The number of nitrogens with one attached hydrogen (secondary N) is 1. The van der Waals surface area contributed by atoms with Gasteiger partial charge < -0.3 is 5.32 Å². The lowest BCUT2D eigenvalue weighted by Crippen LogP contribution is -2.28. The fourth-order valence-electron chi connectivity index (χ4n) is 3.71. The quantitative estimate of drug-likeness (QED) is 0.865. The summed E-state index contributed by atoms with van der Waals surface area (Å²) >= 11 is 0. The number of carbonyl (C=O) groups is 1. The summed E-state index contributed by atoms with van der Waals surface area (Å²) < 4.78 is 0. The number of aryl methyl sites for hydroxylation is 1. The van der Waals surface area contributed by atoms with E-state index in [9.17, 15) is 4.79 Å². The second-order valence-corrected chi connectivity index (χ2v) is 6.23. The highest BCUT2D eigenvalue weighted by molar-refractivity contribution is 5.80. The van der Waals surface area contributed by atoms with Crippen LogP contribution in [0.1, 0.15) is 36.8 Å². The lowest BCUT2D eigenvalue weighted by molar-refractivity contribution is -0.122. The fraction of sp³-hybridized carbons (Fsp3) is 0.562. The third-order valence-corrected chi connectivity index (χ3v) is 5.10. The molecular weight excluding hydrogens is 222 g/mol. The van der Waals surface area contributed by atoms with Crippen molar-refractivity contribution >= 4 is 5.91 Å². The van der Waals surface area contributed by atoms with Crippen molar-refractivity contribution < 1.29 is 4.79 Å². The topological polar surface area (TPSA) is 29.1 Å². The van der Waals surface area contributed by atoms with Crippen molar-refractivity contribution in [1.29, 1.82) is 0 Å². The zero-order valence-corrected chi connectivity index (χ0v) is 10.6. The highest BCUT2D eigenvalue weighted by atomic mass is 16.2. The van der Waals surface area contributed by atoms with E-state index in [-0.39, 0.29) is 0 Å². The van der Waals surface area contributed by atoms with Crippen LogP contribution in [0.5, 0.6) is 0 Å². The lowest BCUT2D eigenvalue weighted by Gasteiger charge is -2.12. The van der Waals surface area contributed by atoms with E-state index < -0.39 is 0 Å². The zero-order chi connectivity index (χ0) is 12.2. The van der Waals surface area contributed by atoms with E-state index in [1.54, 1.807) is 5.56 Å². The van der Waals surface area contributed by atoms with Gasteiger partial charge in [-0.05, 0) is 49.1 Å². The number of carbonyl (C=O) groups excluding carboxylic acids is 1. The SMILES string of the molecule is O=C(NC[C@@H]1C[C@]12CCc1ccccc12)C1CC1. The number of fused-ring (bicyclic) bond motifs is 2. The van der Waals surface area contributed by atoms with Crippen molar-refractivity contribution in [2.45, 2.75) is 37.5 Å². The first-order valence-electron chi connectivity index (χ1n) is 7.16. The molecule has 18 heavy (non-hydrogen) atoms. The number of amides is 1. The van der Waals surface area contributed by atoms with Crippen LogP contribution in [0, 0.1) is 11.8 Å². The molecule has 0 heterocycles. The van der Waals surface area contributed by atoms with Gasteiger partial charge in [0.15, 0.2) is 0 Å². The van der Waals surface area contributed by atoms with Gasteiger partial charge in [0.1, 0.15) is 0 Å². The van der Waals surface area contributed by atoms with Crippen LogP contribution in [-0.2, 0) is 16.6 Å². The van der Waals surface area contributed by atoms with E-state index in [1.165, 1.54) is 24.8 Å². The number of hydrogen-bond donors (Lipinski definition) is 1. The van der Waals surface area contributed by atoms with Crippen molar-refractivity contribution in [2.24, 2.45) is 11.8 Å². The summed E-state index contributed by atoms with van der Waals surface area (Å²) in [6.07, 6.45) is 5.99. The van der Waals surface area contributed by atoms with E-state index in [0.29, 0.717) is 23.2 Å².